The van der Waals surface area contributed by atoms with Gasteiger partial charge in [0.1, 0.15) is 5.01 Å². The van der Waals surface area contributed by atoms with E-state index in [1.165, 1.54) is 23.4 Å². The highest BCUT2D eigenvalue weighted by Crippen LogP contribution is 2.34. The van der Waals surface area contributed by atoms with Crippen molar-refractivity contribution >= 4 is 34.5 Å². The Morgan fingerprint density at radius 2 is 2.11 bits per heavy atom. The number of hydrogen-bond acceptors (Lipinski definition) is 3. The van der Waals surface area contributed by atoms with Crippen LogP contribution in [0.5, 0.6) is 0 Å². The zero-order valence-electron chi connectivity index (χ0n) is 10.5. The number of thiazole rings is 1. The molecule has 1 heterocycles. The molecule has 100 valence electrons. The van der Waals surface area contributed by atoms with Crippen molar-refractivity contribution in [1.82, 2.24) is 10.3 Å². The summed E-state index contributed by atoms with van der Waals surface area (Å²) in [6, 6.07) is 5.84. The molecule has 3 rings (SSSR count). The molecule has 0 fully saturated rings. The van der Waals surface area contributed by atoms with Gasteiger partial charge in [0.2, 0.25) is 0 Å². The lowest BCUT2D eigenvalue weighted by atomic mass is 10.1. The molecule has 1 aliphatic rings. The summed E-state index contributed by atoms with van der Waals surface area (Å²) in [5, 5.41) is 5.60. The van der Waals surface area contributed by atoms with Crippen molar-refractivity contribution in [3.05, 3.63) is 49.4 Å². The lowest BCUT2D eigenvalue weighted by Gasteiger charge is -2.14. The molecule has 0 bridgehead atoms. The third-order valence-corrected chi connectivity index (χ3v) is 5.39. The Morgan fingerprint density at radius 1 is 1.26 bits per heavy atom. The first-order valence-electron chi connectivity index (χ1n) is 6.29. The second kappa shape index (κ2) is 5.41. The van der Waals surface area contributed by atoms with Crippen molar-refractivity contribution in [1.29, 1.82) is 0 Å². The molecule has 0 radical (unpaired) electrons. The highest BCUT2D eigenvalue weighted by molar-refractivity contribution is 7.11. The van der Waals surface area contributed by atoms with Crippen LogP contribution in [0.1, 0.15) is 33.6 Å². The average molecular weight is 313 g/mol. The van der Waals surface area contributed by atoms with Crippen LogP contribution in [0.3, 0.4) is 0 Å². The number of nitrogens with zero attached hydrogens (tertiary/aromatic N) is 1. The molecule has 1 aromatic heterocycles. The molecule has 1 aliphatic carbocycles. The second-order valence-corrected chi connectivity index (χ2v) is 6.60. The van der Waals surface area contributed by atoms with Crippen LogP contribution >= 0.6 is 34.5 Å². The summed E-state index contributed by atoms with van der Waals surface area (Å²) in [4.78, 5) is 6.21. The van der Waals surface area contributed by atoms with Crippen molar-refractivity contribution < 1.29 is 0 Å². The van der Waals surface area contributed by atoms with E-state index in [0.29, 0.717) is 10.0 Å². The lowest BCUT2D eigenvalue weighted by molar-refractivity contribution is 0.683. The Balaban J connectivity index is 1.96. The maximum atomic E-state index is 6.10. The minimum Gasteiger partial charge on any atom is -0.307 e. The van der Waals surface area contributed by atoms with Crippen molar-refractivity contribution in [2.45, 2.75) is 25.3 Å². The fraction of sp³-hybridized carbons (Fsp3) is 0.357. The first kappa shape index (κ1) is 13.4. The van der Waals surface area contributed by atoms with Crippen LogP contribution in [-0.4, -0.2) is 12.0 Å². The zero-order valence-corrected chi connectivity index (χ0v) is 12.9. The average Bonchev–Trinajstić information content (AvgIpc) is 2.95. The summed E-state index contributed by atoms with van der Waals surface area (Å²) >= 11 is 13.9. The summed E-state index contributed by atoms with van der Waals surface area (Å²) in [6.07, 6.45) is 3.53. The van der Waals surface area contributed by atoms with Crippen LogP contribution < -0.4 is 5.32 Å². The zero-order chi connectivity index (χ0) is 13.4. The van der Waals surface area contributed by atoms with Crippen LogP contribution in [0.15, 0.2) is 18.2 Å². The Kier molecular flexibility index (Phi) is 3.81. The van der Waals surface area contributed by atoms with Crippen LogP contribution in [0.4, 0.5) is 0 Å². The largest absolute Gasteiger partial charge is 0.307 e. The van der Waals surface area contributed by atoms with Gasteiger partial charge >= 0.3 is 0 Å². The number of aromatic nitrogens is 1. The number of benzene rings is 1. The van der Waals surface area contributed by atoms with Gasteiger partial charge in [0.25, 0.3) is 0 Å². The molecule has 1 N–H and O–H groups in total. The molecule has 5 heteroatoms. The molecule has 1 atom stereocenters. The number of rotatable bonds is 3. The van der Waals surface area contributed by atoms with Gasteiger partial charge in [-0.05, 0) is 44.0 Å². The van der Waals surface area contributed by atoms with E-state index in [1.807, 2.05) is 36.6 Å². The Morgan fingerprint density at radius 3 is 2.79 bits per heavy atom. The predicted octanol–water partition coefficient (Wildman–Crippen LogP) is 4.25. The molecule has 0 aliphatic heterocycles. The van der Waals surface area contributed by atoms with E-state index in [-0.39, 0.29) is 6.04 Å². The van der Waals surface area contributed by atoms with Crippen molar-refractivity contribution in [3.8, 4) is 0 Å². The molecule has 0 saturated heterocycles. The van der Waals surface area contributed by atoms with E-state index in [2.05, 4.69) is 5.32 Å². The Hall–Kier alpha value is -0.610. The van der Waals surface area contributed by atoms with E-state index in [1.54, 1.807) is 0 Å². The van der Waals surface area contributed by atoms with Crippen LogP contribution in [-0.2, 0) is 12.8 Å². The van der Waals surface area contributed by atoms with Gasteiger partial charge in [-0.3, -0.25) is 0 Å². The predicted molar refractivity (Wildman–Crippen MR) is 81.5 cm³/mol. The van der Waals surface area contributed by atoms with Gasteiger partial charge in [-0.15, -0.1) is 11.3 Å². The molecule has 2 nitrogen and oxygen atoms in total. The molecule has 1 aromatic carbocycles. The summed E-state index contributed by atoms with van der Waals surface area (Å²) in [6.45, 7) is 0. The molecular weight excluding hydrogens is 299 g/mol. The third kappa shape index (κ3) is 2.52. The van der Waals surface area contributed by atoms with Crippen LogP contribution in [0.25, 0.3) is 0 Å². The molecule has 19 heavy (non-hydrogen) atoms. The molecule has 0 saturated carbocycles. The van der Waals surface area contributed by atoms with Gasteiger partial charge in [0, 0.05) is 4.88 Å². The fourth-order valence-corrected chi connectivity index (χ4v) is 4.06. The highest BCUT2D eigenvalue weighted by atomic mass is 35.5. The van der Waals surface area contributed by atoms with E-state index in [9.17, 15) is 0 Å². The summed E-state index contributed by atoms with van der Waals surface area (Å²) in [5.74, 6) is 0. The standard InChI is InChI=1S/C14H14Cl2N2S/c1-17-13(8-5-6-9(15)10(16)7-8)14-18-11-3-2-4-12(11)19-14/h5-7,13,17H,2-4H2,1H3. The molecule has 2 aromatic rings. The van der Waals surface area contributed by atoms with E-state index < -0.39 is 0 Å². The summed E-state index contributed by atoms with van der Waals surface area (Å²) in [5.41, 5.74) is 2.38. The van der Waals surface area contributed by atoms with Gasteiger partial charge in [0.05, 0.1) is 21.8 Å². The Bertz CT molecular complexity index is 588. The number of aryl methyl sites for hydroxylation is 2. The molecule has 0 spiro atoms. The highest BCUT2D eigenvalue weighted by Gasteiger charge is 2.22. The number of hydrogen-bond donors (Lipinski definition) is 1. The van der Waals surface area contributed by atoms with Crippen molar-refractivity contribution in [2.75, 3.05) is 7.05 Å². The maximum Gasteiger partial charge on any atom is 0.115 e. The number of fused-ring (bicyclic) bond motifs is 1. The van der Waals surface area contributed by atoms with Gasteiger partial charge < -0.3 is 5.32 Å². The number of halogens is 2. The van der Waals surface area contributed by atoms with Gasteiger partial charge in [-0.2, -0.15) is 0 Å². The lowest BCUT2D eigenvalue weighted by Crippen LogP contribution is -2.17. The minimum absolute atomic E-state index is 0.0883. The van der Waals surface area contributed by atoms with Crippen molar-refractivity contribution in [2.24, 2.45) is 0 Å². The number of nitrogens with one attached hydrogen (secondary N) is 1. The second-order valence-electron chi connectivity index (χ2n) is 4.67. The molecule has 1 unspecified atom stereocenters. The van der Waals surface area contributed by atoms with Crippen molar-refractivity contribution in [3.63, 3.8) is 0 Å². The quantitative estimate of drug-likeness (QED) is 0.916. The van der Waals surface area contributed by atoms with Gasteiger partial charge in [-0.25, -0.2) is 4.98 Å². The first-order chi connectivity index (χ1) is 9.19. The smallest absolute Gasteiger partial charge is 0.115 e. The third-order valence-electron chi connectivity index (χ3n) is 3.42. The first-order valence-corrected chi connectivity index (χ1v) is 7.87. The monoisotopic (exact) mass is 312 g/mol. The normalized spacial score (nSPS) is 15.5. The van der Waals surface area contributed by atoms with Gasteiger partial charge in [0.15, 0.2) is 0 Å². The van der Waals surface area contributed by atoms with Crippen LogP contribution in [0.2, 0.25) is 10.0 Å². The topological polar surface area (TPSA) is 24.9 Å². The Labute approximate surface area is 126 Å². The van der Waals surface area contributed by atoms with E-state index >= 15 is 0 Å². The van der Waals surface area contributed by atoms with E-state index in [4.69, 9.17) is 28.2 Å². The fourth-order valence-electron chi connectivity index (χ4n) is 2.46. The molecule has 0 amide bonds. The SMILES string of the molecule is CNC(c1ccc(Cl)c(Cl)c1)c1nc2c(s1)CCC2. The summed E-state index contributed by atoms with van der Waals surface area (Å²) in [7, 11) is 1.94. The van der Waals surface area contributed by atoms with Crippen LogP contribution in [0, 0.1) is 0 Å². The minimum atomic E-state index is 0.0883. The summed E-state index contributed by atoms with van der Waals surface area (Å²) < 4.78 is 0. The van der Waals surface area contributed by atoms with Gasteiger partial charge in [-0.1, -0.05) is 29.3 Å². The van der Waals surface area contributed by atoms with E-state index in [0.717, 1.165) is 17.0 Å². The maximum absolute atomic E-state index is 6.10. The molecular formula is C14H14Cl2N2S.